The molecule has 0 bridgehead atoms. The van der Waals surface area contributed by atoms with E-state index in [1.807, 2.05) is 12.1 Å². The second-order valence-electron chi connectivity index (χ2n) is 4.27. The number of halogens is 1. The second-order valence-corrected chi connectivity index (χ2v) is 7.19. The molecule has 0 fully saturated rings. The number of thioether (sulfide) groups is 1. The van der Waals surface area contributed by atoms with Crippen molar-refractivity contribution in [1.29, 1.82) is 0 Å². The van der Waals surface area contributed by atoms with Crippen molar-refractivity contribution in [2.75, 3.05) is 36.4 Å². The number of anilines is 1. The Balaban J connectivity index is 0.00000361. The van der Waals surface area contributed by atoms with Crippen LogP contribution in [0.3, 0.4) is 0 Å². The summed E-state index contributed by atoms with van der Waals surface area (Å²) < 4.78 is 24.6. The lowest BCUT2D eigenvalue weighted by Crippen LogP contribution is -2.25. The zero-order valence-electron chi connectivity index (χ0n) is 12.1. The molecule has 0 aliphatic rings. The fourth-order valence-corrected chi connectivity index (χ4v) is 3.14. The van der Waals surface area contributed by atoms with Gasteiger partial charge in [-0.15, -0.1) is 24.2 Å². The van der Waals surface area contributed by atoms with Gasteiger partial charge in [0.15, 0.2) is 0 Å². The minimum Gasteiger partial charge on any atom is -0.303 e. The van der Waals surface area contributed by atoms with Crippen molar-refractivity contribution in [2.45, 2.75) is 18.7 Å². The first-order valence-electron chi connectivity index (χ1n) is 6.37. The van der Waals surface area contributed by atoms with Crippen molar-refractivity contribution in [1.82, 2.24) is 4.90 Å². The van der Waals surface area contributed by atoms with E-state index in [-0.39, 0.29) is 12.4 Å². The lowest BCUT2D eigenvalue weighted by Gasteiger charge is -2.17. The second kappa shape index (κ2) is 9.50. The van der Waals surface area contributed by atoms with Gasteiger partial charge >= 0.3 is 0 Å². The number of rotatable bonds is 8. The lowest BCUT2D eigenvalue weighted by molar-refractivity contribution is 0.324. The zero-order valence-corrected chi connectivity index (χ0v) is 14.6. The molecule has 0 spiro atoms. The highest BCUT2D eigenvalue weighted by molar-refractivity contribution is 7.99. The molecule has 0 amide bonds. The van der Waals surface area contributed by atoms with E-state index in [0.717, 1.165) is 36.5 Å². The molecule has 0 heterocycles. The monoisotopic (exact) mass is 338 g/mol. The molecule has 116 valence electrons. The number of benzene rings is 1. The van der Waals surface area contributed by atoms with Crippen LogP contribution in [0.5, 0.6) is 0 Å². The molecule has 1 aromatic rings. The van der Waals surface area contributed by atoms with Gasteiger partial charge in [-0.1, -0.05) is 13.8 Å². The highest BCUT2D eigenvalue weighted by Gasteiger charge is 2.02. The van der Waals surface area contributed by atoms with Crippen LogP contribution >= 0.6 is 24.2 Å². The van der Waals surface area contributed by atoms with Gasteiger partial charge in [0.25, 0.3) is 0 Å². The summed E-state index contributed by atoms with van der Waals surface area (Å²) in [6.07, 6.45) is 1.15. The van der Waals surface area contributed by atoms with E-state index in [1.165, 1.54) is 0 Å². The Hall–Kier alpha value is -0.430. The molecule has 1 aromatic carbocycles. The molecule has 0 aliphatic heterocycles. The smallest absolute Gasteiger partial charge is 0.229 e. The minimum absolute atomic E-state index is 0. The number of nitrogens with zero attached hydrogens (tertiary/aromatic N) is 1. The Kier molecular flexibility index (Phi) is 9.29. The molecule has 0 aliphatic carbocycles. The zero-order chi connectivity index (χ0) is 14.3. The highest BCUT2D eigenvalue weighted by Crippen LogP contribution is 2.20. The van der Waals surface area contributed by atoms with Crippen molar-refractivity contribution in [3.8, 4) is 0 Å². The van der Waals surface area contributed by atoms with E-state index in [9.17, 15) is 8.42 Å². The average molecular weight is 339 g/mol. The number of nitrogens with one attached hydrogen (secondary N) is 1. The summed E-state index contributed by atoms with van der Waals surface area (Å²) in [6.45, 7) is 7.56. The molecule has 0 atom stereocenters. The molecular formula is C13H23ClN2O2S2. The normalized spacial score (nSPS) is 11.2. The van der Waals surface area contributed by atoms with Crippen LogP contribution in [-0.4, -0.2) is 45.0 Å². The predicted molar refractivity (Wildman–Crippen MR) is 90.7 cm³/mol. The summed E-state index contributed by atoms with van der Waals surface area (Å²) in [4.78, 5) is 3.54. The summed E-state index contributed by atoms with van der Waals surface area (Å²) in [6, 6.07) is 7.47. The van der Waals surface area contributed by atoms with Crippen molar-refractivity contribution >= 4 is 39.9 Å². The van der Waals surface area contributed by atoms with Crippen LogP contribution in [0.1, 0.15) is 13.8 Å². The molecule has 0 saturated carbocycles. The molecule has 0 radical (unpaired) electrons. The Labute approximate surface area is 132 Å². The standard InChI is InChI=1S/C13H22N2O2S2.ClH/c1-4-15(5-2)10-11-18-13-8-6-12(7-9-13)14-19(3,16)17;/h6-9,14H,4-5,10-11H2,1-3H3;1H. The van der Waals surface area contributed by atoms with Crippen molar-refractivity contribution < 1.29 is 8.42 Å². The minimum atomic E-state index is -3.19. The fraction of sp³-hybridized carbons (Fsp3) is 0.538. The molecule has 7 heteroatoms. The summed E-state index contributed by atoms with van der Waals surface area (Å²) in [5, 5.41) is 0. The van der Waals surface area contributed by atoms with Gasteiger partial charge < -0.3 is 4.90 Å². The topological polar surface area (TPSA) is 49.4 Å². The van der Waals surface area contributed by atoms with E-state index in [1.54, 1.807) is 23.9 Å². The first-order chi connectivity index (χ1) is 8.94. The Morgan fingerprint density at radius 1 is 1.15 bits per heavy atom. The Bertz CT molecular complexity index is 474. The predicted octanol–water partition coefficient (Wildman–Crippen LogP) is 2.91. The van der Waals surface area contributed by atoms with Gasteiger partial charge in [-0.25, -0.2) is 8.42 Å². The summed E-state index contributed by atoms with van der Waals surface area (Å²) in [7, 11) is -3.19. The maximum absolute atomic E-state index is 11.1. The van der Waals surface area contributed by atoms with Gasteiger partial charge in [-0.3, -0.25) is 4.72 Å². The van der Waals surface area contributed by atoms with E-state index >= 15 is 0 Å². The highest BCUT2D eigenvalue weighted by atomic mass is 35.5. The molecule has 20 heavy (non-hydrogen) atoms. The molecule has 0 saturated heterocycles. The van der Waals surface area contributed by atoms with Gasteiger partial charge in [0, 0.05) is 22.9 Å². The van der Waals surface area contributed by atoms with Gasteiger partial charge in [-0.05, 0) is 37.4 Å². The molecule has 0 unspecified atom stereocenters. The van der Waals surface area contributed by atoms with Gasteiger partial charge in [0.2, 0.25) is 10.0 Å². The first kappa shape index (κ1) is 19.6. The molecule has 1 rings (SSSR count). The summed E-state index contributed by atoms with van der Waals surface area (Å²) >= 11 is 1.79. The van der Waals surface area contributed by atoms with E-state index in [2.05, 4.69) is 23.5 Å². The van der Waals surface area contributed by atoms with Crippen molar-refractivity contribution in [2.24, 2.45) is 0 Å². The third kappa shape index (κ3) is 7.99. The van der Waals surface area contributed by atoms with Gasteiger partial charge in [0.05, 0.1) is 6.26 Å². The van der Waals surface area contributed by atoms with E-state index in [0.29, 0.717) is 5.69 Å². The van der Waals surface area contributed by atoms with Crippen LogP contribution in [0.2, 0.25) is 0 Å². The van der Waals surface area contributed by atoms with Crippen LogP contribution < -0.4 is 4.72 Å². The van der Waals surface area contributed by atoms with Crippen molar-refractivity contribution in [3.63, 3.8) is 0 Å². The molecule has 1 N–H and O–H groups in total. The largest absolute Gasteiger partial charge is 0.303 e. The Morgan fingerprint density at radius 3 is 2.15 bits per heavy atom. The van der Waals surface area contributed by atoms with E-state index in [4.69, 9.17) is 0 Å². The van der Waals surface area contributed by atoms with Gasteiger partial charge in [0.1, 0.15) is 0 Å². The van der Waals surface area contributed by atoms with Crippen LogP contribution in [-0.2, 0) is 10.0 Å². The third-order valence-electron chi connectivity index (χ3n) is 2.73. The van der Waals surface area contributed by atoms with Gasteiger partial charge in [-0.2, -0.15) is 0 Å². The number of hydrogen-bond acceptors (Lipinski definition) is 4. The molecule has 4 nitrogen and oxygen atoms in total. The van der Waals surface area contributed by atoms with Crippen LogP contribution in [0.4, 0.5) is 5.69 Å². The summed E-state index contributed by atoms with van der Waals surface area (Å²) in [5.41, 5.74) is 0.607. The number of sulfonamides is 1. The van der Waals surface area contributed by atoms with E-state index < -0.39 is 10.0 Å². The first-order valence-corrected chi connectivity index (χ1v) is 9.25. The molecular weight excluding hydrogens is 316 g/mol. The van der Waals surface area contributed by atoms with Crippen LogP contribution in [0.25, 0.3) is 0 Å². The number of hydrogen-bond donors (Lipinski definition) is 1. The van der Waals surface area contributed by atoms with Crippen LogP contribution in [0, 0.1) is 0 Å². The van der Waals surface area contributed by atoms with Crippen molar-refractivity contribution in [3.05, 3.63) is 24.3 Å². The SMILES string of the molecule is CCN(CC)CCSc1ccc(NS(C)(=O)=O)cc1.Cl. The molecule has 0 aromatic heterocycles. The average Bonchev–Trinajstić information content (AvgIpc) is 2.35. The fourth-order valence-electron chi connectivity index (χ4n) is 1.67. The maximum Gasteiger partial charge on any atom is 0.229 e. The Morgan fingerprint density at radius 2 is 1.70 bits per heavy atom. The lowest BCUT2D eigenvalue weighted by atomic mass is 10.3. The third-order valence-corrected chi connectivity index (χ3v) is 4.33. The maximum atomic E-state index is 11.1. The summed E-state index contributed by atoms with van der Waals surface area (Å²) in [5.74, 6) is 1.04. The quantitative estimate of drug-likeness (QED) is 0.740. The van der Waals surface area contributed by atoms with Crippen LogP contribution in [0.15, 0.2) is 29.2 Å².